The molecule has 1 aromatic heterocycles. The van der Waals surface area contributed by atoms with Gasteiger partial charge in [-0.2, -0.15) is 4.80 Å². The Kier molecular flexibility index (Phi) is 5.34. The highest BCUT2D eigenvalue weighted by atomic mass is 16.5. The van der Waals surface area contributed by atoms with E-state index in [0.717, 1.165) is 28.3 Å². The zero-order chi connectivity index (χ0) is 21.1. The number of benzene rings is 3. The molecule has 0 fully saturated rings. The summed E-state index contributed by atoms with van der Waals surface area (Å²) >= 11 is 0. The summed E-state index contributed by atoms with van der Waals surface area (Å²) in [6.45, 7) is 4.44. The molecule has 30 heavy (non-hydrogen) atoms. The Morgan fingerprint density at radius 3 is 2.23 bits per heavy atom. The van der Waals surface area contributed by atoms with Crippen LogP contribution in [0.1, 0.15) is 22.8 Å². The van der Waals surface area contributed by atoms with Crippen molar-refractivity contribution < 1.29 is 14.3 Å². The fraction of sp³-hybridized carbons (Fsp3) is 0.174. The van der Waals surface area contributed by atoms with Crippen LogP contribution in [0, 0.1) is 6.92 Å². The van der Waals surface area contributed by atoms with Crippen LogP contribution in [0.5, 0.6) is 11.5 Å². The number of nitrogens with zero attached hydrogens (tertiary/aromatic N) is 3. The van der Waals surface area contributed by atoms with Gasteiger partial charge in [0.15, 0.2) is 0 Å². The molecule has 1 heterocycles. The van der Waals surface area contributed by atoms with Gasteiger partial charge in [-0.25, -0.2) is 0 Å². The molecule has 3 aromatic carbocycles. The number of hydrogen-bond acceptors (Lipinski definition) is 5. The van der Waals surface area contributed by atoms with Crippen molar-refractivity contribution in [1.82, 2.24) is 15.0 Å². The summed E-state index contributed by atoms with van der Waals surface area (Å²) < 4.78 is 10.6. The van der Waals surface area contributed by atoms with Gasteiger partial charge in [-0.15, -0.1) is 10.2 Å². The van der Waals surface area contributed by atoms with E-state index in [1.54, 1.807) is 36.2 Å². The normalized spacial score (nSPS) is 10.8. The van der Waals surface area contributed by atoms with Crippen LogP contribution >= 0.6 is 0 Å². The molecule has 1 amide bonds. The maximum absolute atomic E-state index is 12.7. The van der Waals surface area contributed by atoms with Gasteiger partial charge in [-0.3, -0.25) is 4.79 Å². The highest BCUT2D eigenvalue weighted by Gasteiger charge is 2.12. The van der Waals surface area contributed by atoms with Gasteiger partial charge < -0.3 is 14.8 Å². The summed E-state index contributed by atoms with van der Waals surface area (Å²) in [5.74, 6) is 1.32. The van der Waals surface area contributed by atoms with Gasteiger partial charge in [0.25, 0.3) is 5.91 Å². The first-order valence-corrected chi connectivity index (χ1v) is 9.63. The first-order valence-electron chi connectivity index (χ1n) is 9.63. The average molecular weight is 402 g/mol. The Morgan fingerprint density at radius 2 is 1.60 bits per heavy atom. The monoisotopic (exact) mass is 402 g/mol. The largest absolute Gasteiger partial charge is 0.497 e. The third kappa shape index (κ3) is 3.96. The molecule has 0 radical (unpaired) electrons. The predicted octanol–water partition coefficient (Wildman–Crippen LogP) is 4.39. The SMILES string of the molecule is CCOc1ccc(C(=O)Nc2cc3nn(-c4ccc(OC)cc4)nc3cc2C)cc1. The molecule has 0 aliphatic rings. The van der Waals surface area contributed by atoms with Crippen LogP contribution in [0.4, 0.5) is 5.69 Å². The fourth-order valence-corrected chi connectivity index (χ4v) is 3.10. The van der Waals surface area contributed by atoms with Gasteiger partial charge in [0, 0.05) is 11.3 Å². The number of carbonyl (C=O) groups excluding carboxylic acids is 1. The first-order chi connectivity index (χ1) is 14.6. The minimum atomic E-state index is -0.192. The van der Waals surface area contributed by atoms with Crippen LogP contribution < -0.4 is 14.8 Å². The number of amides is 1. The van der Waals surface area contributed by atoms with E-state index in [-0.39, 0.29) is 5.91 Å². The van der Waals surface area contributed by atoms with Gasteiger partial charge in [0.1, 0.15) is 22.5 Å². The number of fused-ring (bicyclic) bond motifs is 1. The number of nitrogens with one attached hydrogen (secondary N) is 1. The fourth-order valence-electron chi connectivity index (χ4n) is 3.10. The number of hydrogen-bond donors (Lipinski definition) is 1. The van der Waals surface area contributed by atoms with Crippen molar-refractivity contribution >= 4 is 22.6 Å². The third-order valence-electron chi connectivity index (χ3n) is 4.71. The van der Waals surface area contributed by atoms with Gasteiger partial charge in [-0.1, -0.05) is 0 Å². The average Bonchev–Trinajstić information content (AvgIpc) is 3.17. The van der Waals surface area contributed by atoms with Gasteiger partial charge in [0.2, 0.25) is 0 Å². The Labute approximate surface area is 174 Å². The van der Waals surface area contributed by atoms with E-state index < -0.39 is 0 Å². The molecule has 0 saturated heterocycles. The first kappa shape index (κ1) is 19.4. The number of carbonyl (C=O) groups is 1. The van der Waals surface area contributed by atoms with Crippen LogP contribution in [0.2, 0.25) is 0 Å². The topological polar surface area (TPSA) is 78.3 Å². The lowest BCUT2D eigenvalue weighted by molar-refractivity contribution is 0.102. The molecule has 7 heteroatoms. The minimum Gasteiger partial charge on any atom is -0.497 e. The van der Waals surface area contributed by atoms with E-state index in [1.807, 2.05) is 50.2 Å². The minimum absolute atomic E-state index is 0.192. The molecule has 4 aromatic rings. The molecule has 0 bridgehead atoms. The van der Waals surface area contributed by atoms with E-state index >= 15 is 0 Å². The maximum atomic E-state index is 12.7. The lowest BCUT2D eigenvalue weighted by atomic mass is 10.1. The number of aromatic nitrogens is 3. The Morgan fingerprint density at radius 1 is 0.967 bits per heavy atom. The van der Waals surface area contributed by atoms with E-state index in [1.165, 1.54) is 0 Å². The van der Waals surface area contributed by atoms with Crippen molar-refractivity contribution in [2.45, 2.75) is 13.8 Å². The van der Waals surface area contributed by atoms with Crippen molar-refractivity contribution in [3.8, 4) is 17.2 Å². The molecular weight excluding hydrogens is 380 g/mol. The summed E-state index contributed by atoms with van der Waals surface area (Å²) in [5.41, 5.74) is 4.43. The summed E-state index contributed by atoms with van der Waals surface area (Å²) in [6.07, 6.45) is 0. The quantitative estimate of drug-likeness (QED) is 0.518. The molecule has 1 N–H and O–H groups in total. The van der Waals surface area contributed by atoms with Crippen molar-refractivity contribution in [2.75, 3.05) is 19.0 Å². The molecule has 152 valence electrons. The second-order valence-electron chi connectivity index (χ2n) is 6.75. The number of ether oxygens (including phenoxy) is 2. The summed E-state index contributed by atoms with van der Waals surface area (Å²) in [5, 5.41) is 12.1. The second kappa shape index (κ2) is 8.24. The van der Waals surface area contributed by atoms with Gasteiger partial charge in [-0.05, 0) is 80.1 Å². The lowest BCUT2D eigenvalue weighted by Crippen LogP contribution is -2.12. The zero-order valence-corrected chi connectivity index (χ0v) is 17.0. The van der Waals surface area contributed by atoms with E-state index in [0.29, 0.717) is 23.4 Å². The number of anilines is 1. The molecule has 0 spiro atoms. The predicted molar refractivity (Wildman–Crippen MR) is 116 cm³/mol. The van der Waals surface area contributed by atoms with Crippen molar-refractivity contribution in [2.24, 2.45) is 0 Å². The van der Waals surface area contributed by atoms with Crippen molar-refractivity contribution in [1.29, 1.82) is 0 Å². The highest BCUT2D eigenvalue weighted by Crippen LogP contribution is 2.23. The van der Waals surface area contributed by atoms with Crippen molar-refractivity contribution in [3.05, 3.63) is 71.8 Å². The molecule has 0 aliphatic heterocycles. The van der Waals surface area contributed by atoms with Crippen molar-refractivity contribution in [3.63, 3.8) is 0 Å². The standard InChI is InChI=1S/C23H22N4O3/c1-4-30-19-9-5-16(6-10-19)23(28)24-20-14-22-21(13-15(20)2)25-27(26-22)17-7-11-18(29-3)12-8-17/h5-14H,4H2,1-3H3,(H,24,28). The summed E-state index contributed by atoms with van der Waals surface area (Å²) in [7, 11) is 1.63. The third-order valence-corrected chi connectivity index (χ3v) is 4.71. The molecule has 0 aliphatic carbocycles. The molecule has 7 nitrogen and oxygen atoms in total. The number of rotatable bonds is 6. The van der Waals surface area contributed by atoms with Gasteiger partial charge in [0.05, 0.1) is 19.4 Å². The molecule has 4 rings (SSSR count). The number of aryl methyl sites for hydroxylation is 1. The van der Waals surface area contributed by atoms with Crippen LogP contribution in [0.3, 0.4) is 0 Å². The van der Waals surface area contributed by atoms with E-state index in [2.05, 4.69) is 15.5 Å². The molecule has 0 unspecified atom stereocenters. The number of methoxy groups -OCH3 is 1. The van der Waals surface area contributed by atoms with Crippen LogP contribution in [-0.2, 0) is 0 Å². The van der Waals surface area contributed by atoms with Crippen LogP contribution in [0.25, 0.3) is 16.7 Å². The smallest absolute Gasteiger partial charge is 0.255 e. The second-order valence-corrected chi connectivity index (χ2v) is 6.75. The van der Waals surface area contributed by atoms with E-state index in [9.17, 15) is 4.79 Å². The highest BCUT2D eigenvalue weighted by molar-refractivity contribution is 6.05. The molecule has 0 atom stereocenters. The van der Waals surface area contributed by atoms with Crippen LogP contribution in [0.15, 0.2) is 60.7 Å². The van der Waals surface area contributed by atoms with Crippen LogP contribution in [-0.4, -0.2) is 34.6 Å². The Bertz CT molecular complexity index is 1180. The molecule has 0 saturated carbocycles. The molecular formula is C23H22N4O3. The maximum Gasteiger partial charge on any atom is 0.255 e. The Hall–Kier alpha value is -3.87. The van der Waals surface area contributed by atoms with E-state index in [4.69, 9.17) is 9.47 Å². The Balaban J connectivity index is 1.58. The van der Waals surface area contributed by atoms with Gasteiger partial charge >= 0.3 is 0 Å². The summed E-state index contributed by atoms with van der Waals surface area (Å²) in [6, 6.07) is 18.3. The summed E-state index contributed by atoms with van der Waals surface area (Å²) in [4.78, 5) is 14.2. The lowest BCUT2D eigenvalue weighted by Gasteiger charge is -2.09. The zero-order valence-electron chi connectivity index (χ0n) is 17.0.